The van der Waals surface area contributed by atoms with Gasteiger partial charge in [-0.25, -0.2) is 0 Å². The summed E-state index contributed by atoms with van der Waals surface area (Å²) in [5.74, 6) is 1.86. The third kappa shape index (κ3) is 5.53. The van der Waals surface area contributed by atoms with Crippen molar-refractivity contribution in [2.45, 2.75) is 5.41 Å². The number of furan rings is 1. The normalized spacial score (nSPS) is 13.3. The fourth-order valence-corrected chi connectivity index (χ4v) is 14.6. The Kier molecular flexibility index (Phi) is 8.36. The quantitative estimate of drug-likeness (QED) is 0.164. The summed E-state index contributed by atoms with van der Waals surface area (Å²) in [6, 6.07) is 91.5. The molecule has 15 aromatic rings. The van der Waals surface area contributed by atoms with Gasteiger partial charge < -0.3 is 14.1 Å². The maximum absolute atomic E-state index is 7.63. The van der Waals surface area contributed by atoms with Crippen LogP contribution in [0.4, 0.5) is 17.1 Å². The van der Waals surface area contributed by atoms with Gasteiger partial charge in [-0.1, -0.05) is 194 Å². The summed E-state index contributed by atoms with van der Waals surface area (Å²) in [6.07, 6.45) is 0. The molecule has 0 amide bonds. The minimum atomic E-state index is -0.740. The Morgan fingerprint density at radius 2 is 0.827 bits per heavy atom. The van der Waals surface area contributed by atoms with E-state index in [0.29, 0.717) is 0 Å². The molecular formula is C71H41NO2S. The molecule has 1 aliphatic heterocycles. The predicted octanol–water partition coefficient (Wildman–Crippen LogP) is 20.2. The van der Waals surface area contributed by atoms with E-state index >= 15 is 0 Å². The molecule has 1 aliphatic carbocycles. The Morgan fingerprint density at radius 1 is 0.320 bits per heavy atom. The van der Waals surface area contributed by atoms with Crippen LogP contribution in [0.1, 0.15) is 22.3 Å². The van der Waals surface area contributed by atoms with Gasteiger partial charge in [0.15, 0.2) is 0 Å². The molecule has 13 aromatic carbocycles. The maximum atomic E-state index is 7.63. The van der Waals surface area contributed by atoms with Crippen molar-refractivity contribution in [1.29, 1.82) is 0 Å². The number of para-hydroxylation sites is 2. The SMILES string of the molecule is c1ccc(N(c2ccc3c(c2)sc2cc(-c4cccc5c4-c4ccccc4C54c5c(c6ccccc6c6ccccc56)Oc5c4c4ccccc4c4ccccc54)ccc23)c2ccc3oc4ccccc4c3c2)cc1. The largest absolute Gasteiger partial charge is 0.456 e. The van der Waals surface area contributed by atoms with Crippen LogP contribution < -0.4 is 9.64 Å². The van der Waals surface area contributed by atoms with E-state index in [1.54, 1.807) is 0 Å². The first-order chi connectivity index (χ1) is 37.2. The van der Waals surface area contributed by atoms with Crippen LogP contribution in [0.25, 0.3) is 107 Å². The topological polar surface area (TPSA) is 25.6 Å². The lowest BCUT2D eigenvalue weighted by Gasteiger charge is -2.42. The average Bonchev–Trinajstić information content (AvgIpc) is 4.23. The second-order valence-electron chi connectivity index (χ2n) is 20.2. The van der Waals surface area contributed by atoms with Gasteiger partial charge in [-0.3, -0.25) is 0 Å². The first kappa shape index (κ1) is 41.0. The van der Waals surface area contributed by atoms with Crippen molar-refractivity contribution in [3.8, 4) is 33.8 Å². The average molecular weight is 972 g/mol. The van der Waals surface area contributed by atoms with Crippen LogP contribution >= 0.6 is 11.3 Å². The van der Waals surface area contributed by atoms with E-state index in [1.165, 1.54) is 97.0 Å². The zero-order valence-electron chi connectivity index (χ0n) is 40.3. The van der Waals surface area contributed by atoms with Crippen molar-refractivity contribution in [1.82, 2.24) is 0 Å². The molecule has 0 saturated carbocycles. The molecule has 0 radical (unpaired) electrons. The van der Waals surface area contributed by atoms with E-state index in [2.05, 4.69) is 241 Å². The standard InChI is InChI=1S/C71H41NO2S/c1-2-17-43(18-3-1)72(44-35-38-63-59(40-44)51-23-13-15-32-62(51)73-63)45-34-37-53-52-36-33-42(39-64(52)75-65(53)41-45)46-29-16-31-61-66(46)58-28-12-14-30-60(58)71(61)67-54-24-8-4-19-47(54)49-21-6-10-26-56(49)69(67)74-70-57-27-11-7-22-50(57)48-20-5-9-25-55(48)68(70)71/h1-41H. The summed E-state index contributed by atoms with van der Waals surface area (Å²) in [5, 5.41) is 14.2. The number of rotatable bonds is 4. The van der Waals surface area contributed by atoms with Gasteiger partial charge in [0.1, 0.15) is 22.7 Å². The van der Waals surface area contributed by atoms with Crippen LogP contribution in [-0.2, 0) is 5.41 Å². The molecule has 348 valence electrons. The third-order valence-electron chi connectivity index (χ3n) is 16.5. The highest BCUT2D eigenvalue weighted by Crippen LogP contribution is 2.68. The zero-order valence-corrected chi connectivity index (χ0v) is 41.2. The van der Waals surface area contributed by atoms with Crippen LogP contribution in [0, 0.1) is 0 Å². The fourth-order valence-electron chi connectivity index (χ4n) is 13.5. The highest BCUT2D eigenvalue weighted by atomic mass is 32.1. The van der Waals surface area contributed by atoms with Crippen molar-refractivity contribution in [3.63, 3.8) is 0 Å². The Labute approximate surface area is 435 Å². The minimum Gasteiger partial charge on any atom is -0.456 e. The van der Waals surface area contributed by atoms with Crippen molar-refractivity contribution in [2.24, 2.45) is 0 Å². The number of benzene rings is 13. The van der Waals surface area contributed by atoms with Gasteiger partial charge in [0.25, 0.3) is 0 Å². The van der Waals surface area contributed by atoms with Crippen LogP contribution in [0.15, 0.2) is 253 Å². The van der Waals surface area contributed by atoms with E-state index in [-0.39, 0.29) is 0 Å². The molecule has 3 nitrogen and oxygen atoms in total. The first-order valence-electron chi connectivity index (χ1n) is 25.7. The predicted molar refractivity (Wildman–Crippen MR) is 314 cm³/mol. The van der Waals surface area contributed by atoms with E-state index in [9.17, 15) is 0 Å². The van der Waals surface area contributed by atoms with Gasteiger partial charge in [-0.15, -0.1) is 11.3 Å². The van der Waals surface area contributed by atoms with Gasteiger partial charge in [0.05, 0.1) is 5.41 Å². The van der Waals surface area contributed by atoms with E-state index < -0.39 is 5.41 Å². The fraction of sp³-hybridized carbons (Fsp3) is 0.0141. The number of anilines is 3. The molecule has 0 unspecified atom stereocenters. The molecule has 0 bridgehead atoms. The smallest absolute Gasteiger partial charge is 0.140 e. The second-order valence-corrected chi connectivity index (χ2v) is 21.2. The first-order valence-corrected chi connectivity index (χ1v) is 26.5. The molecule has 75 heavy (non-hydrogen) atoms. The number of hydrogen-bond donors (Lipinski definition) is 0. The lowest BCUT2D eigenvalue weighted by Crippen LogP contribution is -2.33. The Bertz CT molecular complexity index is 4820. The molecule has 2 aromatic heterocycles. The van der Waals surface area contributed by atoms with Crippen LogP contribution in [0.2, 0.25) is 0 Å². The summed E-state index contributed by atoms with van der Waals surface area (Å²) in [4.78, 5) is 2.36. The lowest BCUT2D eigenvalue weighted by atomic mass is 9.63. The highest BCUT2D eigenvalue weighted by Gasteiger charge is 2.54. The number of thiophene rings is 1. The number of hydrogen-bond acceptors (Lipinski definition) is 4. The van der Waals surface area contributed by atoms with Crippen molar-refractivity contribution >= 4 is 114 Å². The summed E-state index contributed by atoms with van der Waals surface area (Å²) in [6.45, 7) is 0. The van der Waals surface area contributed by atoms with Gasteiger partial charge in [0.2, 0.25) is 0 Å². The van der Waals surface area contributed by atoms with Gasteiger partial charge >= 0.3 is 0 Å². The van der Waals surface area contributed by atoms with Crippen molar-refractivity contribution < 1.29 is 9.15 Å². The molecule has 0 atom stereocenters. The van der Waals surface area contributed by atoms with E-state index in [4.69, 9.17) is 9.15 Å². The maximum Gasteiger partial charge on any atom is 0.140 e. The minimum absolute atomic E-state index is 0.740. The summed E-state index contributed by atoms with van der Waals surface area (Å²) >= 11 is 1.87. The van der Waals surface area contributed by atoms with Crippen LogP contribution in [-0.4, -0.2) is 0 Å². The zero-order chi connectivity index (χ0) is 48.9. The third-order valence-corrected chi connectivity index (χ3v) is 17.6. The van der Waals surface area contributed by atoms with E-state index in [0.717, 1.165) is 61.3 Å². The Hall–Kier alpha value is -9.48. The number of ether oxygens (including phenoxy) is 1. The second kappa shape index (κ2) is 15.3. The molecular weight excluding hydrogens is 931 g/mol. The molecule has 1 spiro atoms. The van der Waals surface area contributed by atoms with Gasteiger partial charge in [0, 0.05) is 69.9 Å². The highest BCUT2D eigenvalue weighted by molar-refractivity contribution is 7.25. The Balaban J connectivity index is 0.899. The van der Waals surface area contributed by atoms with Crippen LogP contribution in [0.5, 0.6) is 11.5 Å². The Morgan fingerprint density at radius 3 is 1.53 bits per heavy atom. The number of nitrogens with zero attached hydrogens (tertiary/aromatic N) is 1. The molecule has 3 heterocycles. The summed E-state index contributed by atoms with van der Waals surface area (Å²) in [7, 11) is 0. The van der Waals surface area contributed by atoms with Gasteiger partial charge in [-0.05, 0) is 120 Å². The summed E-state index contributed by atoms with van der Waals surface area (Å²) in [5.41, 5.74) is 14.2. The molecule has 0 N–H and O–H groups in total. The van der Waals surface area contributed by atoms with Crippen molar-refractivity contribution in [2.75, 3.05) is 4.90 Å². The lowest BCUT2D eigenvalue weighted by molar-refractivity contribution is 0.451. The van der Waals surface area contributed by atoms with Crippen molar-refractivity contribution in [3.05, 3.63) is 271 Å². The molecule has 0 fully saturated rings. The monoisotopic (exact) mass is 971 g/mol. The van der Waals surface area contributed by atoms with Gasteiger partial charge in [-0.2, -0.15) is 0 Å². The molecule has 17 rings (SSSR count). The van der Waals surface area contributed by atoms with Crippen LogP contribution in [0.3, 0.4) is 0 Å². The number of fused-ring (bicyclic) bond motifs is 25. The summed E-state index contributed by atoms with van der Waals surface area (Å²) < 4.78 is 16.4. The molecule has 4 heteroatoms. The molecule has 0 saturated heterocycles. The van der Waals surface area contributed by atoms with E-state index in [1.807, 2.05) is 23.5 Å². The molecule has 2 aliphatic rings.